The van der Waals surface area contributed by atoms with Gasteiger partial charge in [-0.25, -0.2) is 0 Å². The Morgan fingerprint density at radius 2 is 2.11 bits per heavy atom. The number of hydrogen-bond donors (Lipinski definition) is 2. The van der Waals surface area contributed by atoms with Crippen molar-refractivity contribution in [3.63, 3.8) is 0 Å². The number of nitrogens with one attached hydrogen (secondary N) is 2. The minimum absolute atomic E-state index is 0.0182. The van der Waals surface area contributed by atoms with Gasteiger partial charge in [-0.1, -0.05) is 23.2 Å². The van der Waals surface area contributed by atoms with Crippen LogP contribution in [0.2, 0.25) is 10.0 Å². The SMILES string of the molecule is CNC1COCC1C(=O)Nc1ccc(Br)c(Cl)c1Cl. The molecule has 1 aliphatic heterocycles. The zero-order chi connectivity index (χ0) is 14.0. The van der Waals surface area contributed by atoms with E-state index < -0.39 is 0 Å². The highest BCUT2D eigenvalue weighted by molar-refractivity contribution is 9.10. The quantitative estimate of drug-likeness (QED) is 0.807. The summed E-state index contributed by atoms with van der Waals surface area (Å²) in [5.74, 6) is -0.361. The van der Waals surface area contributed by atoms with E-state index in [0.717, 1.165) is 0 Å². The molecule has 0 radical (unpaired) electrons. The summed E-state index contributed by atoms with van der Waals surface area (Å²) in [6.07, 6.45) is 0. The second kappa shape index (κ2) is 6.41. The van der Waals surface area contributed by atoms with Crippen LogP contribution in [0.5, 0.6) is 0 Å². The Balaban J connectivity index is 2.13. The topological polar surface area (TPSA) is 50.4 Å². The van der Waals surface area contributed by atoms with Gasteiger partial charge < -0.3 is 15.4 Å². The molecule has 0 saturated carbocycles. The van der Waals surface area contributed by atoms with Gasteiger partial charge >= 0.3 is 0 Å². The lowest BCUT2D eigenvalue weighted by molar-refractivity contribution is -0.120. The minimum atomic E-state index is -0.233. The monoisotopic (exact) mass is 366 g/mol. The van der Waals surface area contributed by atoms with Crippen LogP contribution >= 0.6 is 39.1 Å². The van der Waals surface area contributed by atoms with E-state index in [2.05, 4.69) is 26.6 Å². The van der Waals surface area contributed by atoms with E-state index in [9.17, 15) is 4.79 Å². The standard InChI is InChI=1S/C12H13BrCl2N2O2/c1-16-9-5-19-4-6(9)12(18)17-8-3-2-7(13)10(14)11(8)15/h2-3,6,9,16H,4-5H2,1H3,(H,17,18). The van der Waals surface area contributed by atoms with Gasteiger partial charge in [-0.3, -0.25) is 4.79 Å². The molecule has 2 atom stereocenters. The lowest BCUT2D eigenvalue weighted by Crippen LogP contribution is -2.39. The summed E-state index contributed by atoms with van der Waals surface area (Å²) in [4.78, 5) is 12.2. The summed E-state index contributed by atoms with van der Waals surface area (Å²) in [5, 5.41) is 6.56. The third kappa shape index (κ3) is 3.23. The first-order chi connectivity index (χ1) is 9.04. The second-order valence-electron chi connectivity index (χ2n) is 4.25. The predicted octanol–water partition coefficient (Wildman–Crippen LogP) is 2.93. The number of anilines is 1. The van der Waals surface area contributed by atoms with Crippen LogP contribution < -0.4 is 10.6 Å². The summed E-state index contributed by atoms with van der Waals surface area (Å²) in [7, 11) is 1.81. The highest BCUT2D eigenvalue weighted by atomic mass is 79.9. The van der Waals surface area contributed by atoms with E-state index in [4.69, 9.17) is 27.9 Å². The molecule has 0 aromatic heterocycles. The number of halogens is 3. The van der Waals surface area contributed by atoms with Crippen LogP contribution in [-0.2, 0) is 9.53 Å². The number of likely N-dealkylation sites (N-methyl/N-ethyl adjacent to an activating group) is 1. The Morgan fingerprint density at radius 1 is 1.37 bits per heavy atom. The third-order valence-corrected chi connectivity index (χ3v) is 4.85. The van der Waals surface area contributed by atoms with Crippen LogP contribution in [0.4, 0.5) is 5.69 Å². The molecule has 0 aliphatic carbocycles. The fourth-order valence-electron chi connectivity index (χ4n) is 1.95. The fourth-order valence-corrected chi connectivity index (χ4v) is 2.77. The minimum Gasteiger partial charge on any atom is -0.379 e. The lowest BCUT2D eigenvalue weighted by atomic mass is 10.0. The highest BCUT2D eigenvalue weighted by Crippen LogP contribution is 2.36. The van der Waals surface area contributed by atoms with Gasteiger partial charge in [0.1, 0.15) is 0 Å². The number of benzene rings is 1. The van der Waals surface area contributed by atoms with Crippen molar-refractivity contribution in [2.45, 2.75) is 6.04 Å². The Labute approximate surface area is 129 Å². The number of carbonyl (C=O) groups is 1. The fraction of sp³-hybridized carbons (Fsp3) is 0.417. The molecular weight excluding hydrogens is 355 g/mol. The van der Waals surface area contributed by atoms with Crippen molar-refractivity contribution in [1.29, 1.82) is 0 Å². The first kappa shape index (κ1) is 15.1. The molecule has 19 heavy (non-hydrogen) atoms. The number of amides is 1. The molecule has 104 valence electrons. The van der Waals surface area contributed by atoms with Crippen LogP contribution in [-0.4, -0.2) is 32.2 Å². The van der Waals surface area contributed by atoms with Gasteiger partial charge in [-0.05, 0) is 35.1 Å². The van der Waals surface area contributed by atoms with Crippen molar-refractivity contribution in [3.05, 3.63) is 26.7 Å². The molecule has 1 amide bonds. The van der Waals surface area contributed by atoms with Crippen LogP contribution in [0.25, 0.3) is 0 Å². The van der Waals surface area contributed by atoms with Crippen molar-refractivity contribution in [3.8, 4) is 0 Å². The van der Waals surface area contributed by atoms with Gasteiger partial charge in [0, 0.05) is 10.5 Å². The molecule has 4 nitrogen and oxygen atoms in total. The molecular formula is C12H13BrCl2N2O2. The number of ether oxygens (including phenoxy) is 1. The smallest absolute Gasteiger partial charge is 0.231 e. The molecule has 2 N–H and O–H groups in total. The molecule has 2 rings (SSSR count). The van der Waals surface area contributed by atoms with E-state index in [0.29, 0.717) is 33.4 Å². The van der Waals surface area contributed by atoms with E-state index in [1.165, 1.54) is 0 Å². The summed E-state index contributed by atoms with van der Waals surface area (Å²) in [5.41, 5.74) is 0.501. The molecule has 7 heteroatoms. The molecule has 1 saturated heterocycles. The van der Waals surface area contributed by atoms with Crippen molar-refractivity contribution in [2.24, 2.45) is 5.92 Å². The third-order valence-electron chi connectivity index (χ3n) is 3.08. The van der Waals surface area contributed by atoms with E-state index >= 15 is 0 Å². The van der Waals surface area contributed by atoms with Gasteiger partial charge in [0.05, 0.1) is 34.9 Å². The van der Waals surface area contributed by atoms with Crippen LogP contribution in [0.15, 0.2) is 16.6 Å². The molecule has 1 fully saturated rings. The summed E-state index contributed by atoms with van der Waals surface area (Å²) < 4.78 is 5.99. The van der Waals surface area contributed by atoms with E-state index in [1.54, 1.807) is 12.1 Å². The maximum absolute atomic E-state index is 12.2. The summed E-state index contributed by atoms with van der Waals surface area (Å²) in [6.45, 7) is 0.933. The lowest BCUT2D eigenvalue weighted by Gasteiger charge is -2.17. The largest absolute Gasteiger partial charge is 0.379 e. The number of carbonyl (C=O) groups excluding carboxylic acids is 1. The first-order valence-electron chi connectivity index (χ1n) is 5.74. The van der Waals surface area contributed by atoms with Gasteiger partial charge in [-0.2, -0.15) is 0 Å². The Kier molecular flexibility index (Phi) is 5.09. The Hall–Kier alpha value is -0.330. The van der Waals surface area contributed by atoms with Crippen molar-refractivity contribution < 1.29 is 9.53 Å². The average Bonchev–Trinajstić information content (AvgIpc) is 2.88. The van der Waals surface area contributed by atoms with Crippen molar-refractivity contribution in [1.82, 2.24) is 5.32 Å². The van der Waals surface area contributed by atoms with Crippen molar-refractivity contribution >= 4 is 50.7 Å². The van der Waals surface area contributed by atoms with Crippen LogP contribution in [0, 0.1) is 5.92 Å². The maximum Gasteiger partial charge on any atom is 0.231 e. The van der Waals surface area contributed by atoms with Gasteiger partial charge in [0.25, 0.3) is 0 Å². The first-order valence-corrected chi connectivity index (χ1v) is 7.29. The Bertz CT molecular complexity index is 499. The summed E-state index contributed by atoms with van der Waals surface area (Å²) in [6, 6.07) is 3.47. The maximum atomic E-state index is 12.2. The second-order valence-corrected chi connectivity index (χ2v) is 5.86. The number of rotatable bonds is 3. The van der Waals surface area contributed by atoms with Crippen LogP contribution in [0.3, 0.4) is 0 Å². The van der Waals surface area contributed by atoms with E-state index in [-0.39, 0.29) is 17.9 Å². The molecule has 0 bridgehead atoms. The van der Waals surface area contributed by atoms with Gasteiger partial charge in [0.2, 0.25) is 5.91 Å². The highest BCUT2D eigenvalue weighted by Gasteiger charge is 2.33. The molecule has 0 spiro atoms. The molecule has 1 aromatic rings. The zero-order valence-electron chi connectivity index (χ0n) is 10.2. The Morgan fingerprint density at radius 3 is 2.79 bits per heavy atom. The molecule has 1 aromatic carbocycles. The van der Waals surface area contributed by atoms with Gasteiger partial charge in [-0.15, -0.1) is 0 Å². The normalized spacial score (nSPS) is 22.5. The average molecular weight is 368 g/mol. The summed E-state index contributed by atoms with van der Waals surface area (Å²) >= 11 is 15.4. The van der Waals surface area contributed by atoms with Crippen molar-refractivity contribution in [2.75, 3.05) is 25.6 Å². The van der Waals surface area contributed by atoms with Crippen LogP contribution in [0.1, 0.15) is 0 Å². The zero-order valence-corrected chi connectivity index (χ0v) is 13.3. The molecule has 2 unspecified atom stereocenters. The van der Waals surface area contributed by atoms with Gasteiger partial charge in [0.15, 0.2) is 0 Å². The molecule has 1 aliphatic rings. The molecule has 1 heterocycles. The predicted molar refractivity (Wildman–Crippen MR) is 79.9 cm³/mol. The number of hydrogen-bond acceptors (Lipinski definition) is 3. The van der Waals surface area contributed by atoms with E-state index in [1.807, 2.05) is 7.05 Å².